The van der Waals surface area contributed by atoms with E-state index >= 15 is 0 Å². The molecule has 1 fully saturated rings. The molecule has 1 heterocycles. The smallest absolute Gasteiger partial charge is 0.0496 e. The minimum absolute atomic E-state index is 0.107. The van der Waals surface area contributed by atoms with Crippen LogP contribution in [-0.4, -0.2) is 26.5 Å². The molecule has 1 aliphatic heterocycles. The van der Waals surface area contributed by atoms with Gasteiger partial charge in [0, 0.05) is 26.9 Å². The first-order chi connectivity index (χ1) is 9.45. The normalized spacial score (nSPS) is 28.2. The summed E-state index contributed by atoms with van der Waals surface area (Å²) in [4.78, 5) is 1.08. The van der Waals surface area contributed by atoms with E-state index in [1.807, 2.05) is 5.40 Å². The lowest BCUT2D eigenvalue weighted by Crippen LogP contribution is -2.53. The van der Waals surface area contributed by atoms with E-state index in [9.17, 15) is 0 Å². The Balaban J connectivity index is 3.27. The van der Waals surface area contributed by atoms with Crippen LogP contribution in [0.4, 0.5) is 0 Å². The Kier molecular flexibility index (Phi) is 6.72. The van der Waals surface area contributed by atoms with Crippen molar-refractivity contribution in [2.45, 2.75) is 91.1 Å². The van der Waals surface area contributed by atoms with Crippen LogP contribution in [0.5, 0.6) is 0 Å². The zero-order valence-corrected chi connectivity index (χ0v) is 21.7. The van der Waals surface area contributed by atoms with Crippen LogP contribution in [0, 0.1) is 16.2 Å². The fourth-order valence-corrected chi connectivity index (χ4v) is 39.7. The quantitative estimate of drug-likeness (QED) is 0.335. The van der Waals surface area contributed by atoms with Gasteiger partial charge in [-0.05, 0) is 24.0 Å². The van der Waals surface area contributed by atoms with Crippen LogP contribution in [0.2, 0.25) is 39.3 Å². The topological polar surface area (TPSA) is 0 Å². The molecule has 0 aromatic heterocycles. The van der Waals surface area contributed by atoms with E-state index in [0.29, 0.717) is 10.8 Å². The molecular formula is C17H38P3Si2. The Morgan fingerprint density at radius 1 is 0.864 bits per heavy atom. The second-order valence-electron chi connectivity index (χ2n) is 11.1. The summed E-state index contributed by atoms with van der Waals surface area (Å²) < 4.78 is 0. The van der Waals surface area contributed by atoms with Gasteiger partial charge in [-0.3, -0.25) is 0 Å². The third-order valence-corrected chi connectivity index (χ3v) is 30.4. The first-order valence-corrected chi connectivity index (χ1v) is 19.7. The molecule has 5 heteroatoms. The first-order valence-electron chi connectivity index (χ1n) is 8.54. The van der Waals surface area contributed by atoms with Crippen LogP contribution in [0.3, 0.4) is 0 Å². The third-order valence-electron chi connectivity index (χ3n) is 4.06. The predicted molar refractivity (Wildman–Crippen MR) is 117 cm³/mol. The minimum Gasteiger partial charge on any atom is -0.0693 e. The average molecular weight is 392 g/mol. The van der Waals surface area contributed by atoms with Crippen molar-refractivity contribution in [3.8, 4) is 0 Å². The standard InChI is InChI=1S/C17H38P3Si2/c1-16(2,3)13-18-14(17(4,5)6)20(19-13)15(21(7,8)9)22(10,11)12/h14-15H,1-12H3. The Morgan fingerprint density at radius 2 is 1.27 bits per heavy atom. The van der Waals surface area contributed by atoms with Crippen molar-refractivity contribution in [2.24, 2.45) is 10.8 Å². The van der Waals surface area contributed by atoms with E-state index in [1.54, 1.807) is 16.9 Å². The Morgan fingerprint density at radius 3 is 1.55 bits per heavy atom. The van der Waals surface area contributed by atoms with Crippen LogP contribution in [0.15, 0.2) is 0 Å². The van der Waals surface area contributed by atoms with E-state index in [1.165, 1.54) is 0 Å². The predicted octanol–water partition coefficient (Wildman–Crippen LogP) is 8.32. The SMILES string of the molecule is CC(C)(C)[C]1[P]C(C(C)(C)C)P(C([Si](C)(C)C)[Si](C)(C)C)[P]1. The molecule has 2 atom stereocenters. The van der Waals surface area contributed by atoms with Crippen molar-refractivity contribution in [1.29, 1.82) is 0 Å². The second kappa shape index (κ2) is 6.80. The molecule has 0 saturated carbocycles. The van der Waals surface area contributed by atoms with E-state index in [0.717, 1.165) is 10.3 Å². The molecule has 0 aromatic rings. The van der Waals surface area contributed by atoms with Gasteiger partial charge in [-0.2, -0.15) is 0 Å². The lowest BCUT2D eigenvalue weighted by molar-refractivity contribution is 0.453. The van der Waals surface area contributed by atoms with E-state index in [-0.39, 0.29) is 7.61 Å². The van der Waals surface area contributed by atoms with Crippen LogP contribution in [0.25, 0.3) is 0 Å². The Labute approximate surface area is 148 Å². The van der Waals surface area contributed by atoms with Gasteiger partial charge in [-0.15, -0.1) is 0 Å². The van der Waals surface area contributed by atoms with Crippen LogP contribution in [0.1, 0.15) is 41.5 Å². The molecule has 1 saturated heterocycles. The highest BCUT2D eigenvalue weighted by atomic mass is 32.1. The summed E-state index contributed by atoms with van der Waals surface area (Å²) in [6.45, 7) is 30.6. The van der Waals surface area contributed by atoms with Gasteiger partial charge < -0.3 is 0 Å². The lowest BCUT2D eigenvalue weighted by atomic mass is 9.99. The largest absolute Gasteiger partial charge is 0.0693 e. The fraction of sp³-hybridized carbons (Fsp3) is 0.941. The molecule has 0 amide bonds. The van der Waals surface area contributed by atoms with Crippen LogP contribution in [-0.2, 0) is 0 Å². The number of hydrogen-bond donors (Lipinski definition) is 0. The second-order valence-corrected chi connectivity index (χ2v) is 29.6. The monoisotopic (exact) mass is 391 g/mol. The summed E-state index contributed by atoms with van der Waals surface area (Å²) in [6.07, 6.45) is 0. The number of rotatable bonds is 3. The minimum atomic E-state index is -1.13. The molecule has 129 valence electrons. The maximum absolute atomic E-state index is 2.64. The molecule has 0 N–H and O–H groups in total. The molecule has 1 rings (SSSR count). The summed E-state index contributed by atoms with van der Waals surface area (Å²) in [5.74, 6) is 0. The summed E-state index contributed by atoms with van der Waals surface area (Å²) in [5.41, 5.74) is 0.831. The van der Waals surface area contributed by atoms with Gasteiger partial charge in [-0.25, -0.2) is 0 Å². The zero-order chi connectivity index (χ0) is 17.7. The third kappa shape index (κ3) is 5.36. The van der Waals surface area contributed by atoms with Crippen molar-refractivity contribution in [3.05, 3.63) is 5.40 Å². The van der Waals surface area contributed by atoms with Gasteiger partial charge >= 0.3 is 0 Å². The van der Waals surface area contributed by atoms with Crippen molar-refractivity contribution in [3.63, 3.8) is 0 Å². The van der Waals surface area contributed by atoms with E-state index < -0.39 is 16.1 Å². The summed E-state index contributed by atoms with van der Waals surface area (Å²) in [6, 6.07) is 0. The maximum atomic E-state index is 2.64. The Bertz CT molecular complexity index is 369. The molecule has 0 nitrogen and oxygen atoms in total. The Hall–Kier alpha value is 1.72. The highest BCUT2D eigenvalue weighted by Crippen LogP contribution is 2.87. The van der Waals surface area contributed by atoms with Crippen molar-refractivity contribution in [1.82, 2.24) is 0 Å². The molecule has 0 bridgehead atoms. The van der Waals surface area contributed by atoms with Gasteiger partial charge in [0.15, 0.2) is 0 Å². The lowest BCUT2D eigenvalue weighted by Gasteiger charge is -2.46. The van der Waals surface area contributed by atoms with Gasteiger partial charge in [0.1, 0.15) is 0 Å². The van der Waals surface area contributed by atoms with Gasteiger partial charge in [0.05, 0.1) is 0 Å². The van der Waals surface area contributed by atoms with Crippen molar-refractivity contribution < 1.29 is 0 Å². The molecule has 0 spiro atoms. The highest BCUT2D eigenvalue weighted by Gasteiger charge is 2.54. The van der Waals surface area contributed by atoms with Gasteiger partial charge in [-0.1, -0.05) is 97.0 Å². The van der Waals surface area contributed by atoms with Crippen molar-refractivity contribution >= 4 is 40.6 Å². The molecule has 0 aliphatic carbocycles. The van der Waals surface area contributed by atoms with E-state index in [4.69, 9.17) is 0 Å². The van der Waals surface area contributed by atoms with E-state index in [2.05, 4.69) is 80.8 Å². The molecule has 22 heavy (non-hydrogen) atoms. The summed E-state index contributed by atoms with van der Waals surface area (Å²) >= 11 is 0. The average Bonchev–Trinajstić information content (AvgIpc) is 2.55. The number of hydrogen-bond acceptors (Lipinski definition) is 0. The molecule has 3 radical (unpaired) electrons. The zero-order valence-electron chi connectivity index (χ0n) is 17.0. The molecular weight excluding hydrogens is 353 g/mol. The van der Waals surface area contributed by atoms with Gasteiger partial charge in [0.2, 0.25) is 0 Å². The summed E-state index contributed by atoms with van der Waals surface area (Å²) in [5, 5.41) is 2.72. The summed E-state index contributed by atoms with van der Waals surface area (Å²) in [7, 11) is 1.29. The molecule has 1 aliphatic rings. The molecule has 2 unspecified atom stereocenters. The van der Waals surface area contributed by atoms with Crippen LogP contribution >= 0.6 is 24.5 Å². The fourth-order valence-electron chi connectivity index (χ4n) is 3.59. The highest BCUT2D eigenvalue weighted by molar-refractivity contribution is 8.31. The molecule has 0 aromatic carbocycles. The van der Waals surface area contributed by atoms with Crippen molar-refractivity contribution in [2.75, 3.05) is 0 Å². The maximum Gasteiger partial charge on any atom is 0.0496 e. The van der Waals surface area contributed by atoms with Gasteiger partial charge in [0.25, 0.3) is 0 Å². The van der Waals surface area contributed by atoms with Crippen LogP contribution < -0.4 is 0 Å². The first kappa shape index (κ1) is 21.8.